The Morgan fingerprint density at radius 3 is 2.39 bits per heavy atom. The summed E-state index contributed by atoms with van der Waals surface area (Å²) in [7, 11) is -3.87. The quantitative estimate of drug-likeness (QED) is 0.851. The van der Waals surface area contributed by atoms with Gasteiger partial charge in [0, 0.05) is 6.54 Å². The lowest BCUT2D eigenvalue weighted by atomic mass is 10.1. The minimum Gasteiger partial charge on any atom is -0.386 e. The average Bonchev–Trinajstić information content (AvgIpc) is 2.29. The molecule has 1 rings (SSSR count). The molecule has 0 heterocycles. The molecular weight excluding hydrogens is 264 g/mol. The topological polar surface area (TPSA) is 66.4 Å². The van der Waals surface area contributed by atoms with Crippen LogP contribution in [0.2, 0.25) is 0 Å². The molecule has 4 nitrogen and oxygen atoms in total. The Morgan fingerprint density at radius 2 is 1.89 bits per heavy atom. The number of halogens is 2. The van der Waals surface area contributed by atoms with Crippen LogP contribution in [0.4, 0.5) is 8.78 Å². The molecule has 0 aliphatic heterocycles. The Bertz CT molecular complexity index is 517. The van der Waals surface area contributed by atoms with Gasteiger partial charge in [0.25, 0.3) is 6.43 Å². The van der Waals surface area contributed by atoms with Gasteiger partial charge in [-0.1, -0.05) is 6.07 Å². The van der Waals surface area contributed by atoms with Crippen molar-refractivity contribution in [3.05, 3.63) is 29.3 Å². The maximum absolute atomic E-state index is 12.0. The SMILES string of the molecule is Cc1ccc(S(=O)(=O)NCC(O)C(F)F)cc1C. The van der Waals surface area contributed by atoms with Gasteiger partial charge in [0.2, 0.25) is 10.0 Å². The zero-order valence-electron chi connectivity index (χ0n) is 10.0. The van der Waals surface area contributed by atoms with E-state index in [4.69, 9.17) is 5.11 Å². The number of sulfonamides is 1. The average molecular weight is 279 g/mol. The van der Waals surface area contributed by atoms with E-state index in [-0.39, 0.29) is 4.90 Å². The van der Waals surface area contributed by atoms with E-state index < -0.39 is 29.1 Å². The molecule has 0 radical (unpaired) electrons. The second-order valence-electron chi connectivity index (χ2n) is 4.00. The van der Waals surface area contributed by atoms with Gasteiger partial charge in [-0.3, -0.25) is 0 Å². The van der Waals surface area contributed by atoms with E-state index in [1.807, 2.05) is 11.6 Å². The molecule has 2 N–H and O–H groups in total. The summed E-state index contributed by atoms with van der Waals surface area (Å²) in [4.78, 5) is -0.00735. The highest BCUT2D eigenvalue weighted by atomic mass is 32.2. The van der Waals surface area contributed by atoms with Crippen LogP contribution in [0.15, 0.2) is 23.1 Å². The van der Waals surface area contributed by atoms with Crippen LogP contribution in [0.5, 0.6) is 0 Å². The van der Waals surface area contributed by atoms with Crippen molar-refractivity contribution in [1.82, 2.24) is 4.72 Å². The first-order valence-electron chi connectivity index (χ1n) is 5.27. The van der Waals surface area contributed by atoms with E-state index in [2.05, 4.69) is 0 Å². The van der Waals surface area contributed by atoms with Crippen molar-refractivity contribution in [3.8, 4) is 0 Å². The molecule has 0 saturated carbocycles. The van der Waals surface area contributed by atoms with Crippen molar-refractivity contribution >= 4 is 10.0 Å². The van der Waals surface area contributed by atoms with Crippen LogP contribution in [0.3, 0.4) is 0 Å². The minimum absolute atomic E-state index is 0.00735. The lowest BCUT2D eigenvalue weighted by molar-refractivity contribution is -0.000451. The smallest absolute Gasteiger partial charge is 0.265 e. The number of nitrogens with one attached hydrogen (secondary N) is 1. The fourth-order valence-corrected chi connectivity index (χ4v) is 2.38. The van der Waals surface area contributed by atoms with Crippen LogP contribution >= 0.6 is 0 Å². The Hall–Kier alpha value is -1.05. The molecule has 102 valence electrons. The van der Waals surface area contributed by atoms with Gasteiger partial charge in [-0.15, -0.1) is 0 Å². The molecule has 0 spiro atoms. The number of aryl methyl sites for hydroxylation is 2. The van der Waals surface area contributed by atoms with E-state index in [1.165, 1.54) is 12.1 Å². The van der Waals surface area contributed by atoms with Gasteiger partial charge in [0.1, 0.15) is 6.10 Å². The second-order valence-corrected chi connectivity index (χ2v) is 5.77. The summed E-state index contributed by atoms with van der Waals surface area (Å²) in [5.74, 6) is 0. The fourth-order valence-electron chi connectivity index (χ4n) is 1.25. The van der Waals surface area contributed by atoms with Crippen LogP contribution in [-0.2, 0) is 10.0 Å². The molecule has 1 atom stereocenters. The standard InChI is InChI=1S/C11H15F2NO3S/c1-7-3-4-9(5-8(7)2)18(16,17)14-6-10(15)11(12)13/h3-5,10-11,14-15H,6H2,1-2H3. The third kappa shape index (κ3) is 3.72. The van der Waals surface area contributed by atoms with Gasteiger partial charge in [0.15, 0.2) is 0 Å². The fraction of sp³-hybridized carbons (Fsp3) is 0.455. The zero-order valence-corrected chi connectivity index (χ0v) is 10.8. The predicted octanol–water partition coefficient (Wildman–Crippen LogP) is 1.21. The van der Waals surface area contributed by atoms with E-state index in [0.717, 1.165) is 11.1 Å². The molecule has 0 aliphatic rings. The summed E-state index contributed by atoms with van der Waals surface area (Å²) in [6.07, 6.45) is -4.99. The predicted molar refractivity (Wildman–Crippen MR) is 63.1 cm³/mol. The summed E-state index contributed by atoms with van der Waals surface area (Å²) < 4.78 is 49.5. The molecule has 1 aromatic rings. The van der Waals surface area contributed by atoms with Crippen LogP contribution in [0.25, 0.3) is 0 Å². The van der Waals surface area contributed by atoms with Crippen molar-refractivity contribution in [2.24, 2.45) is 0 Å². The van der Waals surface area contributed by atoms with Gasteiger partial charge in [0.05, 0.1) is 4.90 Å². The Labute approximate surface area is 105 Å². The maximum atomic E-state index is 12.0. The molecule has 0 aliphatic carbocycles. The summed E-state index contributed by atoms with van der Waals surface area (Å²) in [6, 6.07) is 4.47. The third-order valence-electron chi connectivity index (χ3n) is 2.56. The first-order valence-corrected chi connectivity index (χ1v) is 6.75. The highest BCUT2D eigenvalue weighted by Gasteiger charge is 2.21. The monoisotopic (exact) mass is 279 g/mol. The second kappa shape index (κ2) is 5.73. The molecule has 0 amide bonds. The normalized spacial score (nSPS) is 13.9. The van der Waals surface area contributed by atoms with Crippen LogP contribution in [-0.4, -0.2) is 32.6 Å². The zero-order chi connectivity index (χ0) is 13.9. The largest absolute Gasteiger partial charge is 0.386 e. The Kier molecular flexibility index (Phi) is 4.78. The van der Waals surface area contributed by atoms with Crippen molar-refractivity contribution in [3.63, 3.8) is 0 Å². The first kappa shape index (κ1) is 15.0. The van der Waals surface area contributed by atoms with Crippen molar-refractivity contribution < 1.29 is 22.3 Å². The number of alkyl halides is 2. The molecular formula is C11H15F2NO3S. The molecule has 18 heavy (non-hydrogen) atoms. The van der Waals surface area contributed by atoms with E-state index in [1.54, 1.807) is 13.0 Å². The van der Waals surface area contributed by atoms with Crippen LogP contribution in [0.1, 0.15) is 11.1 Å². The molecule has 1 aromatic carbocycles. The summed E-state index contributed by atoms with van der Waals surface area (Å²) >= 11 is 0. The molecule has 0 aromatic heterocycles. The summed E-state index contributed by atoms with van der Waals surface area (Å²) in [5, 5.41) is 8.86. The number of hydrogen-bond donors (Lipinski definition) is 2. The van der Waals surface area contributed by atoms with E-state index >= 15 is 0 Å². The van der Waals surface area contributed by atoms with Crippen LogP contribution < -0.4 is 4.72 Å². The van der Waals surface area contributed by atoms with Crippen LogP contribution in [0, 0.1) is 13.8 Å². The van der Waals surface area contributed by atoms with E-state index in [0.29, 0.717) is 0 Å². The maximum Gasteiger partial charge on any atom is 0.265 e. The highest BCUT2D eigenvalue weighted by Crippen LogP contribution is 2.14. The van der Waals surface area contributed by atoms with Crippen molar-refractivity contribution in [2.45, 2.75) is 31.3 Å². The number of rotatable bonds is 5. The van der Waals surface area contributed by atoms with Crippen molar-refractivity contribution in [1.29, 1.82) is 0 Å². The lowest BCUT2D eigenvalue weighted by Gasteiger charge is -2.12. The van der Waals surface area contributed by atoms with E-state index in [9.17, 15) is 17.2 Å². The first-order chi connectivity index (χ1) is 8.24. The summed E-state index contributed by atoms with van der Waals surface area (Å²) in [5.41, 5.74) is 1.72. The van der Waals surface area contributed by atoms with Gasteiger partial charge in [-0.05, 0) is 37.1 Å². The Balaban J connectivity index is 2.83. The van der Waals surface area contributed by atoms with Gasteiger partial charge < -0.3 is 5.11 Å². The highest BCUT2D eigenvalue weighted by molar-refractivity contribution is 7.89. The molecule has 7 heteroatoms. The number of hydrogen-bond acceptors (Lipinski definition) is 3. The molecule has 0 bridgehead atoms. The lowest BCUT2D eigenvalue weighted by Crippen LogP contribution is -2.35. The molecule has 1 unspecified atom stereocenters. The van der Waals surface area contributed by atoms with Gasteiger partial charge in [-0.2, -0.15) is 0 Å². The summed E-state index contributed by atoms with van der Waals surface area (Å²) in [6.45, 7) is 2.87. The number of benzene rings is 1. The molecule has 0 saturated heterocycles. The third-order valence-corrected chi connectivity index (χ3v) is 3.98. The number of aliphatic hydroxyl groups is 1. The van der Waals surface area contributed by atoms with Gasteiger partial charge in [-0.25, -0.2) is 21.9 Å². The Morgan fingerprint density at radius 1 is 1.28 bits per heavy atom. The van der Waals surface area contributed by atoms with Gasteiger partial charge >= 0.3 is 0 Å². The molecule has 0 fully saturated rings. The number of aliphatic hydroxyl groups excluding tert-OH is 1. The van der Waals surface area contributed by atoms with Crippen molar-refractivity contribution in [2.75, 3.05) is 6.54 Å². The minimum atomic E-state index is -3.87.